The Hall–Kier alpha value is -2.08. The Morgan fingerprint density at radius 2 is 2.00 bits per heavy atom. The first-order valence-electron chi connectivity index (χ1n) is 5.43. The van der Waals surface area contributed by atoms with Crippen molar-refractivity contribution in [3.8, 4) is 0 Å². The van der Waals surface area contributed by atoms with Crippen molar-refractivity contribution in [3.63, 3.8) is 0 Å². The molecule has 1 heterocycles. The van der Waals surface area contributed by atoms with Gasteiger partial charge in [-0.05, 0) is 36.4 Å². The minimum atomic E-state index is -1.02. The fraction of sp³-hybridized carbons (Fsp3) is 0.0769. The Labute approximate surface area is 114 Å². The van der Waals surface area contributed by atoms with Crippen molar-refractivity contribution in [1.29, 1.82) is 0 Å². The minimum absolute atomic E-state index is 0.140. The topological polar surface area (TPSA) is 53.4 Å². The first-order valence-corrected chi connectivity index (χ1v) is 6.21. The molecular formula is C13H11FN2O2S. The molecule has 0 unspecified atom stereocenters. The molecule has 98 valence electrons. The third-order valence-corrected chi connectivity index (χ3v) is 3.40. The molecule has 0 bridgehead atoms. The van der Waals surface area contributed by atoms with E-state index in [1.807, 2.05) is 0 Å². The second kappa shape index (κ2) is 5.71. The van der Waals surface area contributed by atoms with Gasteiger partial charge in [-0.25, -0.2) is 14.2 Å². The van der Waals surface area contributed by atoms with Crippen LogP contribution in [-0.2, 0) is 0 Å². The van der Waals surface area contributed by atoms with Crippen LogP contribution in [0.25, 0.3) is 0 Å². The number of halogens is 1. The summed E-state index contributed by atoms with van der Waals surface area (Å²) in [7, 11) is 1.76. The van der Waals surface area contributed by atoms with E-state index in [4.69, 9.17) is 5.11 Å². The van der Waals surface area contributed by atoms with Crippen LogP contribution in [0.5, 0.6) is 0 Å². The molecule has 1 aromatic carbocycles. The molecule has 4 nitrogen and oxygen atoms in total. The standard InChI is InChI=1S/C13H11FN2O2S/c1-16(10-6-4-9(14)5-7-10)19-12-11(13(17)18)3-2-8-15-12/h2-8H,1H3,(H,17,18). The largest absolute Gasteiger partial charge is 0.478 e. The predicted molar refractivity (Wildman–Crippen MR) is 71.9 cm³/mol. The van der Waals surface area contributed by atoms with Crippen LogP contribution >= 0.6 is 11.9 Å². The Morgan fingerprint density at radius 1 is 1.32 bits per heavy atom. The summed E-state index contributed by atoms with van der Waals surface area (Å²) in [6, 6.07) is 9.00. The molecule has 1 aromatic heterocycles. The van der Waals surface area contributed by atoms with Crippen LogP contribution in [0.15, 0.2) is 47.6 Å². The third kappa shape index (κ3) is 3.23. The molecule has 0 saturated carbocycles. The molecule has 2 aromatic rings. The zero-order valence-electron chi connectivity index (χ0n) is 10.1. The number of benzene rings is 1. The maximum Gasteiger partial charge on any atom is 0.338 e. The molecule has 1 N–H and O–H groups in total. The Morgan fingerprint density at radius 3 is 2.63 bits per heavy atom. The Balaban J connectivity index is 2.21. The van der Waals surface area contributed by atoms with Crippen LogP contribution in [0.1, 0.15) is 10.4 Å². The smallest absolute Gasteiger partial charge is 0.338 e. The van der Waals surface area contributed by atoms with Gasteiger partial charge in [0.2, 0.25) is 0 Å². The molecule has 0 aliphatic rings. The quantitative estimate of drug-likeness (QED) is 0.871. The van der Waals surface area contributed by atoms with Crippen molar-refractivity contribution in [2.24, 2.45) is 0 Å². The van der Waals surface area contributed by atoms with Gasteiger partial charge in [0, 0.05) is 30.9 Å². The van der Waals surface area contributed by atoms with Crippen molar-refractivity contribution < 1.29 is 14.3 Å². The molecule has 0 radical (unpaired) electrons. The van der Waals surface area contributed by atoms with Crippen LogP contribution in [0, 0.1) is 5.82 Å². The maximum atomic E-state index is 12.8. The van der Waals surface area contributed by atoms with E-state index in [2.05, 4.69) is 4.98 Å². The van der Waals surface area contributed by atoms with E-state index in [9.17, 15) is 9.18 Å². The summed E-state index contributed by atoms with van der Waals surface area (Å²) in [5.74, 6) is -1.34. The van der Waals surface area contributed by atoms with Gasteiger partial charge >= 0.3 is 5.97 Å². The fourth-order valence-corrected chi connectivity index (χ4v) is 2.31. The highest BCUT2D eigenvalue weighted by atomic mass is 32.2. The molecule has 0 atom stereocenters. The van der Waals surface area contributed by atoms with E-state index >= 15 is 0 Å². The zero-order chi connectivity index (χ0) is 13.8. The van der Waals surface area contributed by atoms with E-state index in [1.165, 1.54) is 36.3 Å². The van der Waals surface area contributed by atoms with E-state index in [0.717, 1.165) is 5.69 Å². The zero-order valence-corrected chi connectivity index (χ0v) is 10.9. The number of carbonyl (C=O) groups is 1. The van der Waals surface area contributed by atoms with Gasteiger partial charge in [0.05, 0.1) is 5.56 Å². The van der Waals surface area contributed by atoms with Crippen molar-refractivity contribution in [3.05, 3.63) is 54.0 Å². The molecule has 0 fully saturated rings. The van der Waals surface area contributed by atoms with Gasteiger partial charge < -0.3 is 9.41 Å². The number of hydrogen-bond acceptors (Lipinski definition) is 4. The van der Waals surface area contributed by atoms with Gasteiger partial charge in [-0.1, -0.05) is 0 Å². The number of nitrogens with zero attached hydrogens (tertiary/aromatic N) is 2. The van der Waals surface area contributed by atoms with E-state index in [1.54, 1.807) is 29.6 Å². The highest BCUT2D eigenvalue weighted by Crippen LogP contribution is 2.28. The Bertz CT molecular complexity index is 589. The second-order valence-corrected chi connectivity index (χ2v) is 4.84. The first-order chi connectivity index (χ1) is 9.08. The fourth-order valence-electron chi connectivity index (χ4n) is 1.46. The summed E-state index contributed by atoms with van der Waals surface area (Å²) < 4.78 is 14.6. The second-order valence-electron chi connectivity index (χ2n) is 3.73. The van der Waals surface area contributed by atoms with Crippen molar-refractivity contribution >= 4 is 23.6 Å². The molecular weight excluding hydrogens is 267 g/mol. The summed E-state index contributed by atoms with van der Waals surface area (Å²) in [6.45, 7) is 0. The van der Waals surface area contributed by atoms with E-state index in [-0.39, 0.29) is 11.4 Å². The van der Waals surface area contributed by atoms with Crippen LogP contribution in [-0.4, -0.2) is 23.1 Å². The number of carboxylic acid groups (broad SMARTS) is 1. The molecule has 0 saturated heterocycles. The maximum absolute atomic E-state index is 12.8. The number of hydrogen-bond donors (Lipinski definition) is 1. The minimum Gasteiger partial charge on any atom is -0.478 e. The number of aromatic carboxylic acids is 1. The lowest BCUT2D eigenvalue weighted by Gasteiger charge is -2.17. The molecule has 2 rings (SSSR count). The summed E-state index contributed by atoms with van der Waals surface area (Å²) >= 11 is 1.18. The van der Waals surface area contributed by atoms with E-state index in [0.29, 0.717) is 5.03 Å². The normalized spacial score (nSPS) is 10.2. The van der Waals surface area contributed by atoms with Gasteiger partial charge in [0.1, 0.15) is 10.8 Å². The monoisotopic (exact) mass is 278 g/mol. The Kier molecular flexibility index (Phi) is 4.01. The number of anilines is 1. The third-order valence-electron chi connectivity index (χ3n) is 2.42. The lowest BCUT2D eigenvalue weighted by atomic mass is 10.3. The summed E-state index contributed by atoms with van der Waals surface area (Å²) in [4.78, 5) is 15.1. The highest BCUT2D eigenvalue weighted by molar-refractivity contribution is 8.00. The van der Waals surface area contributed by atoms with Crippen molar-refractivity contribution in [1.82, 2.24) is 4.98 Å². The average Bonchev–Trinajstić information content (AvgIpc) is 2.39. The van der Waals surface area contributed by atoms with Gasteiger partial charge in [-0.2, -0.15) is 0 Å². The predicted octanol–water partition coefficient (Wildman–Crippen LogP) is 3.06. The lowest BCUT2D eigenvalue weighted by molar-refractivity contribution is 0.0692. The van der Waals surface area contributed by atoms with Gasteiger partial charge in [-0.3, -0.25) is 0 Å². The molecule has 19 heavy (non-hydrogen) atoms. The van der Waals surface area contributed by atoms with Crippen molar-refractivity contribution in [2.45, 2.75) is 5.03 Å². The molecule has 0 amide bonds. The molecule has 6 heteroatoms. The van der Waals surface area contributed by atoms with Crippen molar-refractivity contribution in [2.75, 3.05) is 11.4 Å². The van der Waals surface area contributed by atoms with Gasteiger partial charge in [0.25, 0.3) is 0 Å². The summed E-state index contributed by atoms with van der Waals surface area (Å²) in [5.41, 5.74) is 0.898. The van der Waals surface area contributed by atoms with Crippen LogP contribution in [0.3, 0.4) is 0 Å². The highest BCUT2D eigenvalue weighted by Gasteiger charge is 2.13. The summed E-state index contributed by atoms with van der Waals surface area (Å²) in [6.07, 6.45) is 1.53. The molecule has 0 aliphatic heterocycles. The number of aromatic nitrogens is 1. The number of pyridine rings is 1. The van der Waals surface area contributed by atoms with Crippen LogP contribution in [0.4, 0.5) is 10.1 Å². The van der Waals surface area contributed by atoms with Gasteiger partial charge in [-0.15, -0.1) is 0 Å². The van der Waals surface area contributed by atoms with E-state index < -0.39 is 5.97 Å². The van der Waals surface area contributed by atoms with Crippen LogP contribution in [0.2, 0.25) is 0 Å². The summed E-state index contributed by atoms with van der Waals surface area (Å²) in [5, 5.41) is 9.45. The SMILES string of the molecule is CN(Sc1ncccc1C(=O)O)c1ccc(F)cc1. The molecule has 0 spiro atoms. The van der Waals surface area contributed by atoms with Crippen LogP contribution < -0.4 is 4.31 Å². The number of rotatable bonds is 4. The van der Waals surface area contributed by atoms with Gasteiger partial charge in [0.15, 0.2) is 0 Å². The lowest BCUT2D eigenvalue weighted by Crippen LogP contribution is -2.09. The molecule has 0 aliphatic carbocycles. The number of carboxylic acids is 1. The average molecular weight is 278 g/mol. The first kappa shape index (κ1) is 13.4.